The van der Waals surface area contributed by atoms with Gasteiger partial charge in [0.1, 0.15) is 0 Å². The smallest absolute Gasteiger partial charge is 0.317 e. The summed E-state index contributed by atoms with van der Waals surface area (Å²) in [5.74, 6) is 0.359. The molecule has 0 aromatic carbocycles. The molecular formula is C12H22N2O3S. The van der Waals surface area contributed by atoms with Crippen LogP contribution in [-0.2, 0) is 4.79 Å². The SMILES string of the molecule is CSCC(C)N(C)C(=O)NC(CC(=O)O)C1CC1. The zero-order chi connectivity index (χ0) is 13.7. The van der Waals surface area contributed by atoms with E-state index in [2.05, 4.69) is 5.32 Å². The maximum Gasteiger partial charge on any atom is 0.317 e. The number of nitrogens with zero attached hydrogens (tertiary/aromatic N) is 1. The zero-order valence-electron chi connectivity index (χ0n) is 11.2. The number of aliphatic carboxylic acids is 1. The Bertz CT molecular complexity index is 308. The van der Waals surface area contributed by atoms with Crippen LogP contribution in [0, 0.1) is 5.92 Å². The number of nitrogens with one attached hydrogen (secondary N) is 1. The minimum absolute atomic E-state index is 0.0150. The first-order valence-corrected chi connectivity index (χ1v) is 7.59. The van der Waals surface area contributed by atoms with Crippen LogP contribution >= 0.6 is 11.8 Å². The first kappa shape index (κ1) is 15.1. The molecule has 18 heavy (non-hydrogen) atoms. The van der Waals surface area contributed by atoms with Crippen molar-refractivity contribution in [2.75, 3.05) is 19.1 Å². The van der Waals surface area contributed by atoms with Crippen molar-refractivity contribution >= 4 is 23.8 Å². The van der Waals surface area contributed by atoms with Crippen LogP contribution in [-0.4, -0.2) is 53.1 Å². The van der Waals surface area contributed by atoms with E-state index in [-0.39, 0.29) is 24.5 Å². The summed E-state index contributed by atoms with van der Waals surface area (Å²) in [4.78, 5) is 24.4. The van der Waals surface area contributed by atoms with Crippen LogP contribution < -0.4 is 5.32 Å². The fourth-order valence-corrected chi connectivity index (χ4v) is 2.54. The summed E-state index contributed by atoms with van der Waals surface area (Å²) in [7, 11) is 1.75. The summed E-state index contributed by atoms with van der Waals surface area (Å²) < 4.78 is 0. The van der Waals surface area contributed by atoms with E-state index in [1.54, 1.807) is 23.7 Å². The minimum atomic E-state index is -0.855. The van der Waals surface area contributed by atoms with Crippen molar-refractivity contribution in [3.8, 4) is 0 Å². The lowest BCUT2D eigenvalue weighted by Gasteiger charge is -2.27. The molecule has 2 amide bonds. The highest BCUT2D eigenvalue weighted by Crippen LogP contribution is 2.34. The molecule has 1 rings (SSSR count). The second-order valence-electron chi connectivity index (χ2n) is 4.91. The van der Waals surface area contributed by atoms with Crippen molar-refractivity contribution in [3.05, 3.63) is 0 Å². The summed E-state index contributed by atoms with van der Waals surface area (Å²) in [5.41, 5.74) is 0. The summed E-state index contributed by atoms with van der Waals surface area (Å²) in [5, 5.41) is 11.7. The molecule has 0 heterocycles. The lowest BCUT2D eigenvalue weighted by molar-refractivity contribution is -0.137. The molecule has 0 aliphatic heterocycles. The van der Waals surface area contributed by atoms with E-state index < -0.39 is 5.97 Å². The Labute approximate surface area is 112 Å². The molecule has 0 saturated heterocycles. The Morgan fingerprint density at radius 1 is 1.50 bits per heavy atom. The second kappa shape index (κ2) is 6.87. The first-order chi connectivity index (χ1) is 8.45. The van der Waals surface area contributed by atoms with E-state index in [0.717, 1.165) is 18.6 Å². The normalized spacial score (nSPS) is 17.9. The maximum absolute atomic E-state index is 12.0. The van der Waals surface area contributed by atoms with E-state index in [9.17, 15) is 9.59 Å². The van der Waals surface area contributed by atoms with Gasteiger partial charge in [-0.05, 0) is 31.9 Å². The highest BCUT2D eigenvalue weighted by molar-refractivity contribution is 7.98. The predicted molar refractivity (Wildman–Crippen MR) is 72.9 cm³/mol. The molecule has 6 heteroatoms. The number of thioether (sulfide) groups is 1. The van der Waals surface area contributed by atoms with Gasteiger partial charge >= 0.3 is 12.0 Å². The molecule has 0 bridgehead atoms. The van der Waals surface area contributed by atoms with E-state index in [1.165, 1.54) is 0 Å². The van der Waals surface area contributed by atoms with Crippen LogP contribution in [0.5, 0.6) is 0 Å². The average molecular weight is 274 g/mol. The van der Waals surface area contributed by atoms with E-state index in [0.29, 0.717) is 5.92 Å². The first-order valence-electron chi connectivity index (χ1n) is 6.19. The Balaban J connectivity index is 2.47. The van der Waals surface area contributed by atoms with Gasteiger partial charge in [0.2, 0.25) is 0 Å². The molecule has 5 nitrogen and oxygen atoms in total. The molecule has 0 aromatic heterocycles. The fourth-order valence-electron chi connectivity index (χ4n) is 1.84. The predicted octanol–water partition coefficient (Wildman–Crippen LogP) is 1.63. The van der Waals surface area contributed by atoms with E-state index in [1.807, 2.05) is 13.2 Å². The number of rotatable bonds is 7. The van der Waals surface area contributed by atoms with Gasteiger partial charge in [0, 0.05) is 24.9 Å². The van der Waals surface area contributed by atoms with Gasteiger partial charge in [-0.3, -0.25) is 4.79 Å². The topological polar surface area (TPSA) is 69.6 Å². The fraction of sp³-hybridized carbons (Fsp3) is 0.833. The highest BCUT2D eigenvalue weighted by Gasteiger charge is 2.34. The lowest BCUT2D eigenvalue weighted by atomic mass is 10.1. The van der Waals surface area contributed by atoms with Gasteiger partial charge in [-0.25, -0.2) is 4.79 Å². The van der Waals surface area contributed by atoms with Gasteiger partial charge in [-0.15, -0.1) is 0 Å². The van der Waals surface area contributed by atoms with E-state index >= 15 is 0 Å². The number of amides is 2. The van der Waals surface area contributed by atoms with Gasteiger partial charge in [0.25, 0.3) is 0 Å². The summed E-state index contributed by atoms with van der Waals surface area (Å²) in [6, 6.07) is -0.252. The van der Waals surface area contributed by atoms with Crippen LogP contribution in [0.15, 0.2) is 0 Å². The van der Waals surface area contributed by atoms with Crippen LogP contribution in [0.2, 0.25) is 0 Å². The monoisotopic (exact) mass is 274 g/mol. The number of carboxylic acid groups (broad SMARTS) is 1. The molecule has 2 atom stereocenters. The van der Waals surface area contributed by atoms with Crippen LogP contribution in [0.3, 0.4) is 0 Å². The van der Waals surface area contributed by atoms with Crippen LogP contribution in [0.25, 0.3) is 0 Å². The second-order valence-corrected chi connectivity index (χ2v) is 5.82. The third kappa shape index (κ3) is 4.76. The van der Waals surface area contributed by atoms with Gasteiger partial charge in [0.15, 0.2) is 0 Å². The van der Waals surface area contributed by atoms with Crippen molar-refractivity contribution < 1.29 is 14.7 Å². The number of carboxylic acids is 1. The van der Waals surface area contributed by atoms with Gasteiger partial charge < -0.3 is 15.3 Å². The number of urea groups is 1. The van der Waals surface area contributed by atoms with Crippen LogP contribution in [0.1, 0.15) is 26.2 Å². The van der Waals surface area contributed by atoms with Gasteiger partial charge in [-0.1, -0.05) is 0 Å². The molecule has 1 aliphatic carbocycles. The number of carbonyl (C=O) groups is 2. The molecule has 1 aliphatic rings. The number of carbonyl (C=O) groups excluding carboxylic acids is 1. The molecule has 104 valence electrons. The van der Waals surface area contributed by atoms with Crippen molar-refractivity contribution in [2.24, 2.45) is 5.92 Å². The van der Waals surface area contributed by atoms with Crippen molar-refractivity contribution in [1.82, 2.24) is 10.2 Å². The third-order valence-electron chi connectivity index (χ3n) is 3.28. The maximum atomic E-state index is 12.0. The van der Waals surface area contributed by atoms with Crippen molar-refractivity contribution in [2.45, 2.75) is 38.3 Å². The van der Waals surface area contributed by atoms with Gasteiger partial charge in [-0.2, -0.15) is 11.8 Å². The lowest BCUT2D eigenvalue weighted by Crippen LogP contribution is -2.48. The Kier molecular flexibility index (Phi) is 5.78. The molecule has 2 unspecified atom stereocenters. The van der Waals surface area contributed by atoms with Crippen LogP contribution in [0.4, 0.5) is 4.79 Å². The Morgan fingerprint density at radius 2 is 2.11 bits per heavy atom. The summed E-state index contributed by atoms with van der Waals surface area (Å²) in [6.45, 7) is 1.99. The molecule has 2 N–H and O–H groups in total. The molecule has 0 spiro atoms. The van der Waals surface area contributed by atoms with Crippen molar-refractivity contribution in [1.29, 1.82) is 0 Å². The van der Waals surface area contributed by atoms with Crippen molar-refractivity contribution in [3.63, 3.8) is 0 Å². The summed E-state index contributed by atoms with van der Waals surface area (Å²) in [6.07, 6.45) is 4.05. The highest BCUT2D eigenvalue weighted by atomic mass is 32.2. The number of hydrogen-bond acceptors (Lipinski definition) is 3. The standard InChI is InChI=1S/C12H22N2O3S/c1-8(7-18-3)14(2)12(17)13-10(6-11(15)16)9-4-5-9/h8-10H,4-7H2,1-3H3,(H,13,17)(H,15,16). The van der Waals surface area contributed by atoms with E-state index in [4.69, 9.17) is 5.11 Å². The minimum Gasteiger partial charge on any atom is -0.481 e. The third-order valence-corrected chi connectivity index (χ3v) is 4.10. The molecule has 1 fully saturated rings. The quantitative estimate of drug-likeness (QED) is 0.740. The Hall–Kier alpha value is -0.910. The number of hydrogen-bond donors (Lipinski definition) is 2. The Morgan fingerprint density at radius 3 is 2.56 bits per heavy atom. The molecule has 1 saturated carbocycles. The molecule has 0 radical (unpaired) electrons. The average Bonchev–Trinajstić information content (AvgIpc) is 3.10. The summed E-state index contributed by atoms with van der Waals surface area (Å²) >= 11 is 1.69. The zero-order valence-corrected chi connectivity index (χ0v) is 12.0. The molecular weight excluding hydrogens is 252 g/mol. The molecule has 0 aromatic rings. The largest absolute Gasteiger partial charge is 0.481 e. The van der Waals surface area contributed by atoms with Gasteiger partial charge in [0.05, 0.1) is 6.42 Å².